The van der Waals surface area contributed by atoms with E-state index in [9.17, 15) is 18.0 Å². The minimum atomic E-state index is -3.77. The molecule has 1 fully saturated rings. The molecular formula is C36H46N2O5S2. The van der Waals surface area contributed by atoms with Gasteiger partial charge in [0.1, 0.15) is 6.04 Å². The van der Waals surface area contributed by atoms with E-state index in [1.165, 1.54) is 26.4 Å². The van der Waals surface area contributed by atoms with Gasteiger partial charge in [-0.3, -0.25) is 4.79 Å². The third-order valence-corrected chi connectivity index (χ3v) is 11.2. The Morgan fingerprint density at radius 2 is 1.69 bits per heavy atom. The van der Waals surface area contributed by atoms with Crippen LogP contribution in [0, 0.1) is 19.8 Å². The number of methoxy groups -OCH3 is 1. The van der Waals surface area contributed by atoms with Crippen LogP contribution in [-0.2, 0) is 26.1 Å². The first-order valence-corrected chi connectivity index (χ1v) is 18.6. The molecule has 0 aliphatic heterocycles. The molecule has 1 atom stereocenters. The normalized spacial score (nSPS) is 14.7. The topological polar surface area (TPSA) is 92.8 Å². The quantitative estimate of drug-likeness (QED) is 0.186. The fraction of sp³-hybridized carbons (Fsp3) is 0.444. The van der Waals surface area contributed by atoms with Gasteiger partial charge in [-0.1, -0.05) is 80.1 Å². The van der Waals surface area contributed by atoms with Crippen LogP contribution in [0.5, 0.6) is 0 Å². The molecule has 0 saturated heterocycles. The lowest BCUT2D eigenvalue weighted by Gasteiger charge is -2.27. The Kier molecular flexibility index (Phi) is 12.7. The Morgan fingerprint density at radius 1 is 0.978 bits per heavy atom. The maximum Gasteiger partial charge on any atom is 0.328 e. The SMILES string of the molecule is COC(=O)C(CCSC)NC(=O)c1ccc(CN(CCC2CCCCC2)S(=O)(=O)c2ccc(C)cc2)cc1-c1ccccc1C. The van der Waals surface area contributed by atoms with E-state index in [0.717, 1.165) is 41.5 Å². The molecule has 9 heteroatoms. The van der Waals surface area contributed by atoms with Crippen LogP contribution in [0.3, 0.4) is 0 Å². The van der Waals surface area contributed by atoms with Crippen LogP contribution < -0.4 is 5.32 Å². The second-order valence-electron chi connectivity index (χ2n) is 12.0. The zero-order valence-electron chi connectivity index (χ0n) is 26.9. The van der Waals surface area contributed by atoms with E-state index in [-0.39, 0.29) is 17.3 Å². The van der Waals surface area contributed by atoms with Gasteiger partial charge in [-0.15, -0.1) is 0 Å². The highest BCUT2D eigenvalue weighted by Crippen LogP contribution is 2.31. The van der Waals surface area contributed by atoms with Crippen LogP contribution in [0.15, 0.2) is 71.6 Å². The first kappa shape index (κ1) is 34.7. The van der Waals surface area contributed by atoms with Crippen LogP contribution in [0.1, 0.15) is 72.0 Å². The molecule has 242 valence electrons. The zero-order chi connectivity index (χ0) is 32.4. The lowest BCUT2D eigenvalue weighted by molar-refractivity contribution is -0.142. The Morgan fingerprint density at radius 3 is 2.36 bits per heavy atom. The number of rotatable bonds is 14. The number of esters is 1. The Hall–Kier alpha value is -3.14. The standard InChI is InChI=1S/C36H46N2O5S2/c1-26-14-17-30(18-15-26)45(41,42)38(22-20-28-11-6-5-7-12-28)25-29-16-19-32(33(24-29)31-13-9-8-10-27(31)2)35(39)37-34(21-23-44-4)36(40)43-3/h8-10,13-19,24,28,34H,5-7,11-12,20-23,25H2,1-4H3,(H,37,39). The van der Waals surface area contributed by atoms with E-state index in [4.69, 9.17) is 4.74 Å². The maximum absolute atomic E-state index is 14.0. The van der Waals surface area contributed by atoms with Crippen molar-refractivity contribution in [3.63, 3.8) is 0 Å². The largest absolute Gasteiger partial charge is 0.467 e. The van der Waals surface area contributed by atoms with E-state index < -0.39 is 22.0 Å². The van der Waals surface area contributed by atoms with E-state index in [2.05, 4.69) is 5.32 Å². The van der Waals surface area contributed by atoms with Gasteiger partial charge >= 0.3 is 5.97 Å². The number of hydrogen-bond acceptors (Lipinski definition) is 6. The third-order valence-electron chi connectivity index (χ3n) is 8.69. The molecular weight excluding hydrogens is 605 g/mol. The van der Waals surface area contributed by atoms with Gasteiger partial charge in [0.2, 0.25) is 10.0 Å². The van der Waals surface area contributed by atoms with E-state index in [1.54, 1.807) is 34.3 Å². The Labute approximate surface area is 273 Å². The lowest BCUT2D eigenvalue weighted by Crippen LogP contribution is -2.42. The van der Waals surface area contributed by atoms with Gasteiger partial charge in [0.15, 0.2) is 0 Å². The van der Waals surface area contributed by atoms with Gasteiger partial charge < -0.3 is 10.1 Å². The number of amides is 1. The number of carbonyl (C=O) groups is 2. The molecule has 3 aromatic rings. The number of nitrogens with zero attached hydrogens (tertiary/aromatic N) is 1. The summed E-state index contributed by atoms with van der Waals surface area (Å²) in [6.45, 7) is 4.54. The minimum Gasteiger partial charge on any atom is -0.467 e. The van der Waals surface area contributed by atoms with Crippen LogP contribution in [0.25, 0.3) is 11.1 Å². The van der Waals surface area contributed by atoms with Gasteiger partial charge in [0.25, 0.3) is 5.91 Å². The summed E-state index contributed by atoms with van der Waals surface area (Å²) in [5.41, 5.74) is 4.76. The summed E-state index contributed by atoms with van der Waals surface area (Å²) in [6, 6.07) is 19.5. The fourth-order valence-corrected chi connectivity index (χ4v) is 7.91. The highest BCUT2D eigenvalue weighted by Gasteiger charge is 2.28. The molecule has 1 aliphatic carbocycles. The molecule has 1 saturated carbocycles. The van der Waals surface area contributed by atoms with Gasteiger partial charge in [-0.2, -0.15) is 16.1 Å². The molecule has 4 rings (SSSR count). The van der Waals surface area contributed by atoms with Crippen molar-refractivity contribution in [2.75, 3.05) is 25.7 Å². The molecule has 0 spiro atoms. The van der Waals surface area contributed by atoms with Crippen molar-refractivity contribution in [2.24, 2.45) is 5.92 Å². The van der Waals surface area contributed by atoms with Crippen LogP contribution >= 0.6 is 11.8 Å². The molecule has 45 heavy (non-hydrogen) atoms. The average Bonchev–Trinajstić information content (AvgIpc) is 3.05. The molecule has 1 N–H and O–H groups in total. The van der Waals surface area contributed by atoms with Crippen molar-refractivity contribution in [1.29, 1.82) is 0 Å². The summed E-state index contributed by atoms with van der Waals surface area (Å²) >= 11 is 1.59. The van der Waals surface area contributed by atoms with Gasteiger partial charge in [0.05, 0.1) is 12.0 Å². The average molecular weight is 651 g/mol. The Balaban J connectivity index is 1.70. The monoisotopic (exact) mass is 650 g/mol. The predicted octanol–water partition coefficient (Wildman–Crippen LogP) is 7.16. The van der Waals surface area contributed by atoms with Crippen molar-refractivity contribution in [1.82, 2.24) is 9.62 Å². The van der Waals surface area contributed by atoms with E-state index >= 15 is 0 Å². The van der Waals surface area contributed by atoms with Gasteiger partial charge in [0, 0.05) is 18.7 Å². The number of ether oxygens (including phenoxy) is 1. The number of nitrogens with one attached hydrogen (secondary N) is 1. The minimum absolute atomic E-state index is 0.183. The van der Waals surface area contributed by atoms with E-state index in [1.807, 2.05) is 68.6 Å². The number of aryl methyl sites for hydroxylation is 2. The number of sulfonamides is 1. The molecule has 1 amide bonds. The number of hydrogen-bond donors (Lipinski definition) is 1. The smallest absolute Gasteiger partial charge is 0.328 e. The van der Waals surface area contributed by atoms with Crippen molar-refractivity contribution in [2.45, 2.75) is 76.3 Å². The van der Waals surface area contributed by atoms with Gasteiger partial charge in [-0.25, -0.2) is 13.2 Å². The summed E-state index contributed by atoms with van der Waals surface area (Å²) in [6.07, 6.45) is 9.15. The highest BCUT2D eigenvalue weighted by molar-refractivity contribution is 7.98. The summed E-state index contributed by atoms with van der Waals surface area (Å²) in [7, 11) is -2.45. The predicted molar refractivity (Wildman–Crippen MR) is 183 cm³/mol. The number of benzene rings is 3. The Bertz CT molecular complexity index is 1550. The molecule has 1 unspecified atom stereocenters. The lowest BCUT2D eigenvalue weighted by atomic mass is 9.87. The van der Waals surface area contributed by atoms with Crippen molar-refractivity contribution < 1.29 is 22.7 Å². The third kappa shape index (κ3) is 9.21. The summed E-state index contributed by atoms with van der Waals surface area (Å²) in [5.74, 6) is 0.353. The number of thioether (sulfide) groups is 1. The summed E-state index contributed by atoms with van der Waals surface area (Å²) < 4.78 is 34.6. The molecule has 0 heterocycles. The van der Waals surface area contributed by atoms with Gasteiger partial charge in [-0.05, 0) is 91.1 Å². The molecule has 1 aliphatic rings. The molecule has 0 radical (unpaired) electrons. The number of carbonyl (C=O) groups excluding carboxylic acids is 2. The zero-order valence-corrected chi connectivity index (χ0v) is 28.5. The second-order valence-corrected chi connectivity index (χ2v) is 14.9. The first-order valence-electron chi connectivity index (χ1n) is 15.8. The van der Waals surface area contributed by atoms with Crippen LogP contribution in [0.2, 0.25) is 0 Å². The molecule has 3 aromatic carbocycles. The summed E-state index contributed by atoms with van der Waals surface area (Å²) in [4.78, 5) is 26.4. The molecule has 0 aromatic heterocycles. The van der Waals surface area contributed by atoms with Crippen LogP contribution in [-0.4, -0.2) is 56.3 Å². The highest BCUT2D eigenvalue weighted by atomic mass is 32.2. The summed E-state index contributed by atoms with van der Waals surface area (Å²) in [5, 5.41) is 2.88. The maximum atomic E-state index is 14.0. The second kappa shape index (κ2) is 16.4. The van der Waals surface area contributed by atoms with Crippen molar-refractivity contribution in [3.8, 4) is 11.1 Å². The first-order chi connectivity index (χ1) is 21.6. The molecule has 0 bridgehead atoms. The van der Waals surface area contributed by atoms with Crippen LogP contribution in [0.4, 0.5) is 0 Å². The molecule has 7 nitrogen and oxygen atoms in total. The fourth-order valence-electron chi connectivity index (χ4n) is 6.00. The van der Waals surface area contributed by atoms with E-state index in [0.29, 0.717) is 35.8 Å². The van der Waals surface area contributed by atoms with Crippen molar-refractivity contribution >= 4 is 33.7 Å². The van der Waals surface area contributed by atoms with Crippen molar-refractivity contribution in [3.05, 3.63) is 89.0 Å².